The Labute approximate surface area is 157 Å². The number of nitrogens with zero attached hydrogens (tertiary/aromatic N) is 1. The molecule has 9 heteroatoms. The number of carbonyl (C=O) groups is 3. The van der Waals surface area contributed by atoms with Gasteiger partial charge in [0, 0.05) is 0 Å². The van der Waals surface area contributed by atoms with Gasteiger partial charge in [0.1, 0.15) is 6.61 Å². The predicted molar refractivity (Wildman–Crippen MR) is 91.0 cm³/mol. The second kappa shape index (κ2) is 7.71. The molecule has 1 aliphatic rings. The molecule has 1 saturated heterocycles. The molecule has 146 valence electrons. The highest BCUT2D eigenvalue weighted by atomic mass is 19.4. The summed E-state index contributed by atoms with van der Waals surface area (Å²) in [4.78, 5) is 36.2. The zero-order chi connectivity index (χ0) is 20.3. The third kappa shape index (κ3) is 4.48. The molecule has 6 nitrogen and oxygen atoms in total. The Hall–Kier alpha value is -3.36. The van der Waals surface area contributed by atoms with Crippen LogP contribution in [-0.2, 0) is 28.9 Å². The van der Waals surface area contributed by atoms with E-state index >= 15 is 0 Å². The molecule has 0 atom stereocenters. The van der Waals surface area contributed by atoms with Crippen LogP contribution in [0.15, 0.2) is 48.5 Å². The van der Waals surface area contributed by atoms with Gasteiger partial charge < -0.3 is 10.1 Å². The van der Waals surface area contributed by atoms with Crippen molar-refractivity contribution in [2.45, 2.75) is 19.3 Å². The van der Waals surface area contributed by atoms with Crippen LogP contribution >= 0.6 is 0 Å². The van der Waals surface area contributed by atoms with E-state index in [9.17, 15) is 27.6 Å². The summed E-state index contributed by atoms with van der Waals surface area (Å²) in [6, 6.07) is 10.1. The molecule has 1 heterocycles. The minimum atomic E-state index is -4.47. The highest BCUT2D eigenvalue weighted by Crippen LogP contribution is 2.29. The van der Waals surface area contributed by atoms with Crippen LogP contribution in [0, 0.1) is 0 Å². The van der Waals surface area contributed by atoms with Gasteiger partial charge in [0.2, 0.25) is 5.91 Å². The first-order valence-corrected chi connectivity index (χ1v) is 8.24. The third-order valence-corrected chi connectivity index (χ3v) is 4.09. The molecule has 1 fully saturated rings. The first kappa shape index (κ1) is 19.4. The van der Waals surface area contributed by atoms with E-state index in [4.69, 9.17) is 4.74 Å². The first-order valence-electron chi connectivity index (χ1n) is 8.24. The van der Waals surface area contributed by atoms with Gasteiger partial charge in [-0.05, 0) is 35.4 Å². The molecule has 3 amide bonds. The molecule has 0 aromatic heterocycles. The summed E-state index contributed by atoms with van der Waals surface area (Å²) in [5, 5.41) is 2.41. The van der Waals surface area contributed by atoms with Gasteiger partial charge in [-0.15, -0.1) is 0 Å². The molecule has 1 N–H and O–H groups in total. The summed E-state index contributed by atoms with van der Waals surface area (Å²) < 4.78 is 43.2. The molecule has 0 saturated carbocycles. The third-order valence-electron chi connectivity index (χ3n) is 4.09. The van der Waals surface area contributed by atoms with Crippen molar-refractivity contribution in [2.75, 3.05) is 6.54 Å². The number of esters is 1. The summed E-state index contributed by atoms with van der Waals surface area (Å²) in [6.45, 7) is -0.268. The van der Waals surface area contributed by atoms with Gasteiger partial charge >= 0.3 is 18.2 Å². The smallest absolute Gasteiger partial charge is 0.416 e. The zero-order valence-electron chi connectivity index (χ0n) is 14.5. The Morgan fingerprint density at radius 3 is 2.39 bits per heavy atom. The quantitative estimate of drug-likeness (QED) is 0.627. The van der Waals surface area contributed by atoms with Gasteiger partial charge in [0.05, 0.1) is 24.2 Å². The fourth-order valence-electron chi connectivity index (χ4n) is 2.61. The number of rotatable bonds is 5. The van der Waals surface area contributed by atoms with E-state index in [1.807, 2.05) is 0 Å². The first-order chi connectivity index (χ1) is 13.2. The summed E-state index contributed by atoms with van der Waals surface area (Å²) in [7, 11) is 0. The lowest BCUT2D eigenvalue weighted by Crippen LogP contribution is -2.30. The number of hydrogen-bond acceptors (Lipinski definition) is 4. The van der Waals surface area contributed by atoms with Crippen LogP contribution in [0.2, 0.25) is 0 Å². The number of benzene rings is 2. The molecule has 0 radical (unpaired) electrons. The summed E-state index contributed by atoms with van der Waals surface area (Å²) >= 11 is 0. The number of carbonyl (C=O) groups excluding carboxylic acids is 3. The van der Waals surface area contributed by atoms with Crippen molar-refractivity contribution in [3.05, 3.63) is 70.8 Å². The second-order valence-electron chi connectivity index (χ2n) is 6.11. The number of nitrogens with one attached hydrogen (secondary N) is 1. The summed E-state index contributed by atoms with van der Waals surface area (Å²) in [5.41, 5.74) is 0.247. The van der Waals surface area contributed by atoms with Crippen molar-refractivity contribution < 1.29 is 32.3 Å². The number of amides is 3. The topological polar surface area (TPSA) is 75.7 Å². The van der Waals surface area contributed by atoms with Crippen LogP contribution in [0.1, 0.15) is 27.0 Å². The number of alkyl halides is 3. The summed E-state index contributed by atoms with van der Waals surface area (Å²) in [6.07, 6.45) is -4.47. The molecule has 28 heavy (non-hydrogen) atoms. The lowest BCUT2D eigenvalue weighted by atomic mass is 10.1. The van der Waals surface area contributed by atoms with E-state index < -0.39 is 23.7 Å². The standard InChI is InChI=1S/C19H15F3N2O4/c20-19(21,22)15-3-1-2-13(8-15)11-28-17(26)14-6-4-12(5-7-14)10-24-16(25)9-23-18(24)27/h1-8H,9-11H2,(H,23,27). The van der Waals surface area contributed by atoms with E-state index in [0.29, 0.717) is 5.56 Å². The maximum absolute atomic E-state index is 12.7. The number of imide groups is 1. The molecule has 2 aromatic carbocycles. The van der Waals surface area contributed by atoms with Crippen molar-refractivity contribution in [3.63, 3.8) is 0 Å². The molecule has 0 unspecified atom stereocenters. The van der Waals surface area contributed by atoms with E-state index in [1.165, 1.54) is 24.3 Å². The van der Waals surface area contributed by atoms with Crippen LogP contribution in [0.4, 0.5) is 18.0 Å². The number of halogens is 3. The summed E-state index contributed by atoms with van der Waals surface area (Å²) in [5.74, 6) is -1.03. The van der Waals surface area contributed by atoms with Crippen LogP contribution in [0.3, 0.4) is 0 Å². The Bertz CT molecular complexity index is 894. The van der Waals surface area contributed by atoms with Gasteiger partial charge in [0.25, 0.3) is 0 Å². The minimum Gasteiger partial charge on any atom is -0.457 e. The predicted octanol–water partition coefficient (Wildman–Crippen LogP) is 3.11. The average molecular weight is 392 g/mol. The van der Waals surface area contributed by atoms with Crippen molar-refractivity contribution in [2.24, 2.45) is 0 Å². The normalized spacial score (nSPS) is 14.2. The van der Waals surface area contributed by atoms with Crippen LogP contribution in [-0.4, -0.2) is 29.4 Å². The molecular weight excluding hydrogens is 377 g/mol. The largest absolute Gasteiger partial charge is 0.457 e. The molecule has 3 rings (SSSR count). The lowest BCUT2D eigenvalue weighted by Gasteiger charge is -2.12. The van der Waals surface area contributed by atoms with Crippen LogP contribution < -0.4 is 5.32 Å². The Morgan fingerprint density at radius 1 is 1.07 bits per heavy atom. The zero-order valence-corrected chi connectivity index (χ0v) is 14.5. The fraction of sp³-hybridized carbons (Fsp3) is 0.211. The molecule has 1 aliphatic heterocycles. The fourth-order valence-corrected chi connectivity index (χ4v) is 2.61. The maximum Gasteiger partial charge on any atom is 0.416 e. The van der Waals surface area contributed by atoms with Crippen molar-refractivity contribution >= 4 is 17.9 Å². The Morgan fingerprint density at radius 2 is 1.79 bits per heavy atom. The molecular formula is C19H15F3N2O4. The van der Waals surface area contributed by atoms with Gasteiger partial charge in [-0.3, -0.25) is 9.69 Å². The average Bonchev–Trinajstić information content (AvgIpc) is 2.98. The Kier molecular flexibility index (Phi) is 5.34. The second-order valence-corrected chi connectivity index (χ2v) is 6.11. The van der Waals surface area contributed by atoms with Gasteiger partial charge in [-0.2, -0.15) is 13.2 Å². The molecule has 0 spiro atoms. The van der Waals surface area contributed by atoms with Crippen molar-refractivity contribution in [1.29, 1.82) is 0 Å². The van der Waals surface area contributed by atoms with E-state index in [0.717, 1.165) is 17.0 Å². The SMILES string of the molecule is O=C(OCc1cccc(C(F)(F)F)c1)c1ccc(CN2C(=O)CNC2=O)cc1. The van der Waals surface area contributed by atoms with Crippen molar-refractivity contribution in [1.82, 2.24) is 10.2 Å². The number of ether oxygens (including phenoxy) is 1. The highest BCUT2D eigenvalue weighted by Gasteiger charge is 2.30. The monoisotopic (exact) mass is 392 g/mol. The van der Waals surface area contributed by atoms with Gasteiger partial charge in [-0.1, -0.05) is 24.3 Å². The van der Waals surface area contributed by atoms with Crippen molar-refractivity contribution in [3.8, 4) is 0 Å². The minimum absolute atomic E-state index is 0.0429. The van der Waals surface area contributed by atoms with E-state index in [1.54, 1.807) is 12.1 Å². The van der Waals surface area contributed by atoms with Crippen LogP contribution in [0.25, 0.3) is 0 Å². The highest BCUT2D eigenvalue weighted by molar-refractivity contribution is 6.01. The molecule has 2 aromatic rings. The van der Waals surface area contributed by atoms with Crippen LogP contribution in [0.5, 0.6) is 0 Å². The van der Waals surface area contributed by atoms with E-state index in [2.05, 4.69) is 5.32 Å². The molecule has 0 aliphatic carbocycles. The number of urea groups is 1. The maximum atomic E-state index is 12.7. The number of hydrogen-bond donors (Lipinski definition) is 1. The van der Waals surface area contributed by atoms with E-state index in [-0.39, 0.29) is 36.7 Å². The van der Waals surface area contributed by atoms with Gasteiger partial charge in [-0.25, -0.2) is 9.59 Å². The Balaban J connectivity index is 1.59. The molecule has 0 bridgehead atoms. The lowest BCUT2D eigenvalue weighted by molar-refractivity contribution is -0.137. The van der Waals surface area contributed by atoms with Gasteiger partial charge in [0.15, 0.2) is 0 Å².